The summed E-state index contributed by atoms with van der Waals surface area (Å²) in [6.45, 7) is 0.511. The number of carbonyl (C=O) groups excluding carboxylic acids is 1. The molecule has 2 aromatic carbocycles. The molecule has 0 unspecified atom stereocenters. The summed E-state index contributed by atoms with van der Waals surface area (Å²) in [6.07, 6.45) is 2.87. The van der Waals surface area contributed by atoms with Crippen LogP contribution in [-0.2, 0) is 6.61 Å². The van der Waals surface area contributed by atoms with E-state index < -0.39 is 0 Å². The van der Waals surface area contributed by atoms with Gasteiger partial charge in [-0.2, -0.15) is 0 Å². The Morgan fingerprint density at radius 1 is 1.17 bits per heavy atom. The molecule has 2 rings (SSSR count). The molecule has 0 amide bonds. The van der Waals surface area contributed by atoms with Crippen LogP contribution in [0.1, 0.15) is 15.9 Å². The Morgan fingerprint density at radius 2 is 1.94 bits per heavy atom. The summed E-state index contributed by atoms with van der Waals surface area (Å²) in [6, 6.07) is 15.4. The van der Waals surface area contributed by atoms with Crippen molar-refractivity contribution in [1.29, 1.82) is 0 Å². The van der Waals surface area contributed by atoms with Gasteiger partial charge in [-0.25, -0.2) is 0 Å². The summed E-state index contributed by atoms with van der Waals surface area (Å²) >= 11 is 1.72. The van der Waals surface area contributed by atoms with Crippen LogP contribution >= 0.6 is 11.8 Å². The summed E-state index contributed by atoms with van der Waals surface area (Å²) in [7, 11) is 0. The van der Waals surface area contributed by atoms with Gasteiger partial charge in [0.15, 0.2) is 0 Å². The van der Waals surface area contributed by atoms with Crippen LogP contribution in [0.5, 0.6) is 5.75 Å². The number of hydrogen-bond donors (Lipinski definition) is 0. The first-order chi connectivity index (χ1) is 8.81. The molecule has 0 radical (unpaired) electrons. The largest absolute Gasteiger partial charge is 0.489 e. The van der Waals surface area contributed by atoms with E-state index >= 15 is 0 Å². The Morgan fingerprint density at radius 3 is 2.61 bits per heavy atom. The lowest BCUT2D eigenvalue weighted by atomic mass is 10.2. The predicted octanol–water partition coefficient (Wildman–Crippen LogP) is 3.80. The molecule has 18 heavy (non-hydrogen) atoms. The van der Waals surface area contributed by atoms with E-state index in [0.29, 0.717) is 17.9 Å². The van der Waals surface area contributed by atoms with Crippen molar-refractivity contribution in [3.63, 3.8) is 0 Å². The second kappa shape index (κ2) is 6.26. The van der Waals surface area contributed by atoms with Gasteiger partial charge in [0.2, 0.25) is 0 Å². The number of hydrogen-bond acceptors (Lipinski definition) is 3. The van der Waals surface area contributed by atoms with Gasteiger partial charge in [0.05, 0.1) is 0 Å². The van der Waals surface area contributed by atoms with E-state index in [0.717, 1.165) is 11.8 Å². The molecule has 2 aromatic rings. The lowest BCUT2D eigenvalue weighted by Gasteiger charge is -2.07. The Hall–Kier alpha value is -1.74. The first-order valence-corrected chi connectivity index (χ1v) is 6.85. The van der Waals surface area contributed by atoms with Gasteiger partial charge in [0, 0.05) is 10.5 Å². The molecule has 2 nitrogen and oxygen atoms in total. The van der Waals surface area contributed by atoms with Crippen LogP contribution < -0.4 is 4.74 Å². The molecule has 0 aliphatic carbocycles. The van der Waals surface area contributed by atoms with Crippen LogP contribution in [0.25, 0.3) is 0 Å². The molecule has 0 N–H and O–H groups in total. The molecule has 0 aliphatic heterocycles. The molecule has 3 heteroatoms. The van der Waals surface area contributed by atoms with E-state index in [9.17, 15) is 4.79 Å². The molecule has 0 aromatic heterocycles. The first-order valence-electron chi connectivity index (χ1n) is 5.63. The third-order valence-electron chi connectivity index (χ3n) is 2.56. The normalized spacial score (nSPS) is 10.1. The number of benzene rings is 2. The Labute approximate surface area is 111 Å². The van der Waals surface area contributed by atoms with Crippen LogP contribution in [-0.4, -0.2) is 12.5 Å². The van der Waals surface area contributed by atoms with E-state index in [1.807, 2.05) is 12.1 Å². The average Bonchev–Trinajstić information content (AvgIpc) is 2.46. The maximum atomic E-state index is 10.6. The Kier molecular flexibility index (Phi) is 4.42. The zero-order chi connectivity index (χ0) is 12.8. The molecular formula is C15H14O2S. The highest BCUT2D eigenvalue weighted by molar-refractivity contribution is 7.98. The molecular weight excluding hydrogens is 244 g/mol. The van der Waals surface area contributed by atoms with Gasteiger partial charge < -0.3 is 4.74 Å². The highest BCUT2D eigenvalue weighted by Gasteiger charge is 1.98. The van der Waals surface area contributed by atoms with Crippen molar-refractivity contribution in [2.24, 2.45) is 0 Å². The number of ether oxygens (including phenoxy) is 1. The van der Waals surface area contributed by atoms with Crippen LogP contribution in [0.3, 0.4) is 0 Å². The molecule has 0 atom stereocenters. The monoisotopic (exact) mass is 258 g/mol. The van der Waals surface area contributed by atoms with Crippen molar-refractivity contribution in [3.8, 4) is 5.75 Å². The molecule has 92 valence electrons. The molecule has 0 saturated heterocycles. The van der Waals surface area contributed by atoms with Crippen molar-refractivity contribution in [1.82, 2.24) is 0 Å². The minimum atomic E-state index is 0.511. The quantitative estimate of drug-likeness (QED) is 0.602. The van der Waals surface area contributed by atoms with Crippen LogP contribution in [0, 0.1) is 0 Å². The molecule has 0 saturated carbocycles. The number of aldehydes is 1. The van der Waals surface area contributed by atoms with Crippen molar-refractivity contribution >= 4 is 18.0 Å². The lowest BCUT2D eigenvalue weighted by molar-refractivity contribution is 0.112. The fourth-order valence-electron chi connectivity index (χ4n) is 1.57. The van der Waals surface area contributed by atoms with Gasteiger partial charge in [-0.05, 0) is 36.1 Å². The highest BCUT2D eigenvalue weighted by atomic mass is 32.2. The third-order valence-corrected chi connectivity index (χ3v) is 3.30. The van der Waals surface area contributed by atoms with Gasteiger partial charge in [-0.15, -0.1) is 11.8 Å². The van der Waals surface area contributed by atoms with Gasteiger partial charge >= 0.3 is 0 Å². The lowest BCUT2D eigenvalue weighted by Crippen LogP contribution is -1.95. The van der Waals surface area contributed by atoms with Gasteiger partial charge in [0.25, 0.3) is 0 Å². The van der Waals surface area contributed by atoms with Crippen molar-refractivity contribution in [3.05, 3.63) is 59.7 Å². The third kappa shape index (κ3) is 3.37. The zero-order valence-electron chi connectivity index (χ0n) is 10.1. The van der Waals surface area contributed by atoms with Gasteiger partial charge in [-0.1, -0.05) is 24.3 Å². The minimum absolute atomic E-state index is 0.511. The van der Waals surface area contributed by atoms with Crippen LogP contribution in [0.15, 0.2) is 53.4 Å². The van der Waals surface area contributed by atoms with E-state index in [-0.39, 0.29) is 0 Å². The van der Waals surface area contributed by atoms with E-state index in [4.69, 9.17) is 4.74 Å². The maximum absolute atomic E-state index is 10.6. The standard InChI is InChI=1S/C15H14O2S/c1-18-15-7-5-12(6-8-15)11-17-14-4-2-3-13(9-14)10-16/h2-10H,11H2,1H3. The van der Waals surface area contributed by atoms with Crippen molar-refractivity contribution < 1.29 is 9.53 Å². The molecule has 0 bridgehead atoms. The topological polar surface area (TPSA) is 26.3 Å². The SMILES string of the molecule is CSc1ccc(COc2cccc(C=O)c2)cc1. The summed E-state index contributed by atoms with van der Waals surface area (Å²) in [5, 5.41) is 0. The molecule has 0 aliphatic rings. The average molecular weight is 258 g/mol. The summed E-state index contributed by atoms with van der Waals surface area (Å²) in [4.78, 5) is 11.9. The van der Waals surface area contributed by atoms with Crippen molar-refractivity contribution in [2.45, 2.75) is 11.5 Å². The van der Waals surface area contributed by atoms with Gasteiger partial charge in [0.1, 0.15) is 18.6 Å². The Bertz CT molecular complexity index is 520. The Balaban J connectivity index is 1.99. The maximum Gasteiger partial charge on any atom is 0.150 e. The zero-order valence-corrected chi connectivity index (χ0v) is 10.9. The molecule has 0 fully saturated rings. The summed E-state index contributed by atoms with van der Waals surface area (Å²) < 4.78 is 5.64. The smallest absolute Gasteiger partial charge is 0.150 e. The van der Waals surface area contributed by atoms with E-state index in [1.54, 1.807) is 23.9 Å². The van der Waals surface area contributed by atoms with Gasteiger partial charge in [-0.3, -0.25) is 4.79 Å². The van der Waals surface area contributed by atoms with E-state index in [1.165, 1.54) is 4.90 Å². The summed E-state index contributed by atoms with van der Waals surface area (Å²) in [5.74, 6) is 0.716. The molecule has 0 spiro atoms. The first kappa shape index (κ1) is 12.7. The van der Waals surface area contributed by atoms with Crippen LogP contribution in [0.4, 0.5) is 0 Å². The molecule has 0 heterocycles. The second-order valence-electron chi connectivity index (χ2n) is 3.83. The predicted molar refractivity (Wildman–Crippen MR) is 74.4 cm³/mol. The fourth-order valence-corrected chi connectivity index (χ4v) is 1.97. The van der Waals surface area contributed by atoms with E-state index in [2.05, 4.69) is 30.5 Å². The fraction of sp³-hybridized carbons (Fsp3) is 0.133. The second-order valence-corrected chi connectivity index (χ2v) is 4.71. The number of thioether (sulfide) groups is 1. The van der Waals surface area contributed by atoms with Crippen molar-refractivity contribution in [2.75, 3.05) is 6.26 Å². The van der Waals surface area contributed by atoms with Crippen LogP contribution in [0.2, 0.25) is 0 Å². The number of carbonyl (C=O) groups is 1. The summed E-state index contributed by atoms with van der Waals surface area (Å²) in [5.41, 5.74) is 1.74. The highest BCUT2D eigenvalue weighted by Crippen LogP contribution is 2.17. The number of rotatable bonds is 5. The minimum Gasteiger partial charge on any atom is -0.489 e.